The Labute approximate surface area is 167 Å². The average Bonchev–Trinajstić information content (AvgIpc) is 2.64. The fourth-order valence-electron chi connectivity index (χ4n) is 2.79. The van der Waals surface area contributed by atoms with Crippen LogP contribution < -0.4 is 5.32 Å². The first-order chi connectivity index (χ1) is 12.4. The zero-order valence-electron chi connectivity index (χ0n) is 14.2. The summed E-state index contributed by atoms with van der Waals surface area (Å²) in [6.07, 6.45) is 4.19. The molecule has 1 saturated carbocycles. The van der Waals surface area contributed by atoms with E-state index in [9.17, 15) is 14.9 Å². The highest BCUT2D eigenvalue weighted by Crippen LogP contribution is 2.27. The number of benzene rings is 1. The van der Waals surface area contributed by atoms with Crippen LogP contribution in [0, 0.1) is 11.3 Å². The molecule has 0 radical (unpaired) electrons. The summed E-state index contributed by atoms with van der Waals surface area (Å²) in [5, 5.41) is 13.0. The number of ether oxygens (including phenoxy) is 1. The molecule has 1 fully saturated rings. The van der Waals surface area contributed by atoms with Crippen molar-refractivity contribution in [2.45, 2.75) is 43.4 Å². The van der Waals surface area contributed by atoms with Crippen LogP contribution in [-0.2, 0) is 20.1 Å². The lowest BCUT2D eigenvalue weighted by atomic mass is 9.83. The number of carbonyl (C=O) groups excluding carboxylic acids is 2. The molecule has 5 nitrogen and oxygen atoms in total. The van der Waals surface area contributed by atoms with Crippen molar-refractivity contribution >= 4 is 46.8 Å². The fraction of sp³-hybridized carbons (Fsp3) is 0.500. The number of rotatable bonds is 7. The Morgan fingerprint density at radius 1 is 1.23 bits per heavy atom. The molecule has 0 bridgehead atoms. The molecular weight excluding hydrogens is 395 g/mol. The quantitative estimate of drug-likeness (QED) is 0.678. The third kappa shape index (κ3) is 6.39. The second-order valence-electron chi connectivity index (χ2n) is 6.20. The molecule has 0 aromatic heterocycles. The summed E-state index contributed by atoms with van der Waals surface area (Å²) in [6.45, 7) is -0.365. The van der Waals surface area contributed by atoms with Gasteiger partial charge in [-0.05, 0) is 30.5 Å². The average molecular weight is 415 g/mol. The lowest BCUT2D eigenvalue weighted by Crippen LogP contribution is -2.50. The topological polar surface area (TPSA) is 79.2 Å². The van der Waals surface area contributed by atoms with Crippen molar-refractivity contribution in [3.8, 4) is 6.07 Å². The van der Waals surface area contributed by atoms with Gasteiger partial charge in [0.25, 0.3) is 5.91 Å². The van der Waals surface area contributed by atoms with Crippen molar-refractivity contribution in [3.05, 3.63) is 33.8 Å². The normalized spacial score (nSPS) is 15.7. The highest BCUT2D eigenvalue weighted by molar-refractivity contribution is 7.99. The minimum Gasteiger partial charge on any atom is -0.455 e. The molecule has 1 aliphatic rings. The highest BCUT2D eigenvalue weighted by atomic mass is 35.5. The van der Waals surface area contributed by atoms with Gasteiger partial charge in [-0.15, -0.1) is 11.8 Å². The van der Waals surface area contributed by atoms with Gasteiger partial charge in [-0.1, -0.05) is 48.5 Å². The summed E-state index contributed by atoms with van der Waals surface area (Å²) in [5.74, 6) is -0.205. The molecule has 140 valence electrons. The van der Waals surface area contributed by atoms with Crippen molar-refractivity contribution in [3.63, 3.8) is 0 Å². The molecule has 1 aromatic carbocycles. The summed E-state index contributed by atoms with van der Waals surface area (Å²) in [6, 6.07) is 7.50. The standard InChI is InChI=1S/C18H20Cl2N2O3S/c19-14-5-4-13(8-15(14)20)10-26-11-17(24)25-9-16(23)22-18(12-21)6-2-1-3-7-18/h4-5,8H,1-3,6-7,9-11H2,(H,22,23). The number of halogens is 2. The van der Waals surface area contributed by atoms with Crippen molar-refractivity contribution in [1.29, 1.82) is 5.26 Å². The van der Waals surface area contributed by atoms with E-state index in [0.717, 1.165) is 24.8 Å². The monoisotopic (exact) mass is 414 g/mol. The Morgan fingerprint density at radius 3 is 2.62 bits per heavy atom. The van der Waals surface area contributed by atoms with Gasteiger partial charge in [-0.3, -0.25) is 9.59 Å². The number of hydrogen-bond donors (Lipinski definition) is 1. The van der Waals surface area contributed by atoms with Crippen LogP contribution in [-0.4, -0.2) is 29.8 Å². The first-order valence-corrected chi connectivity index (χ1v) is 10.2. The number of carbonyl (C=O) groups is 2. The SMILES string of the molecule is N#CC1(NC(=O)COC(=O)CSCc2ccc(Cl)c(Cl)c2)CCCCC1. The van der Waals surface area contributed by atoms with E-state index in [2.05, 4.69) is 11.4 Å². The highest BCUT2D eigenvalue weighted by Gasteiger charge is 2.33. The van der Waals surface area contributed by atoms with Gasteiger partial charge in [0.15, 0.2) is 6.61 Å². The van der Waals surface area contributed by atoms with Crippen LogP contribution in [0.3, 0.4) is 0 Å². The van der Waals surface area contributed by atoms with E-state index in [-0.39, 0.29) is 12.4 Å². The largest absolute Gasteiger partial charge is 0.455 e. The van der Waals surface area contributed by atoms with E-state index < -0.39 is 17.4 Å². The van der Waals surface area contributed by atoms with E-state index >= 15 is 0 Å². The fourth-order valence-corrected chi connectivity index (χ4v) is 3.88. The van der Waals surface area contributed by atoms with Crippen LogP contribution in [0.4, 0.5) is 0 Å². The maximum Gasteiger partial charge on any atom is 0.316 e. The number of nitrogens with zero attached hydrogens (tertiary/aromatic N) is 1. The molecule has 1 N–H and O–H groups in total. The summed E-state index contributed by atoms with van der Waals surface area (Å²) < 4.78 is 4.99. The molecule has 0 spiro atoms. The van der Waals surface area contributed by atoms with Crippen LogP contribution in [0.1, 0.15) is 37.7 Å². The van der Waals surface area contributed by atoms with Crippen LogP contribution in [0.2, 0.25) is 10.0 Å². The van der Waals surface area contributed by atoms with E-state index in [1.54, 1.807) is 12.1 Å². The third-order valence-electron chi connectivity index (χ3n) is 4.14. The van der Waals surface area contributed by atoms with Gasteiger partial charge in [0.05, 0.1) is 21.9 Å². The first-order valence-electron chi connectivity index (χ1n) is 8.34. The van der Waals surface area contributed by atoms with Gasteiger partial charge in [0, 0.05) is 5.75 Å². The van der Waals surface area contributed by atoms with E-state index in [4.69, 9.17) is 27.9 Å². The Balaban J connectivity index is 1.68. The molecule has 0 aliphatic heterocycles. The van der Waals surface area contributed by atoms with Crippen molar-refractivity contribution < 1.29 is 14.3 Å². The van der Waals surface area contributed by atoms with Crippen LogP contribution in [0.5, 0.6) is 0 Å². The predicted molar refractivity (Wildman–Crippen MR) is 103 cm³/mol. The lowest BCUT2D eigenvalue weighted by molar-refractivity contribution is -0.146. The van der Waals surface area contributed by atoms with Crippen LogP contribution in [0.15, 0.2) is 18.2 Å². The number of thioether (sulfide) groups is 1. The number of hydrogen-bond acceptors (Lipinski definition) is 5. The van der Waals surface area contributed by atoms with Crippen LogP contribution >= 0.6 is 35.0 Å². The van der Waals surface area contributed by atoms with Gasteiger partial charge in [-0.2, -0.15) is 5.26 Å². The predicted octanol–water partition coefficient (Wildman–Crippen LogP) is 4.11. The maximum atomic E-state index is 12.0. The summed E-state index contributed by atoms with van der Waals surface area (Å²) >= 11 is 13.2. The summed E-state index contributed by atoms with van der Waals surface area (Å²) in [4.78, 5) is 23.7. The minimum atomic E-state index is -0.815. The zero-order chi connectivity index (χ0) is 19.0. The molecule has 0 saturated heterocycles. The number of amides is 1. The van der Waals surface area contributed by atoms with Crippen LogP contribution in [0.25, 0.3) is 0 Å². The smallest absolute Gasteiger partial charge is 0.316 e. The molecule has 2 rings (SSSR count). The van der Waals surface area contributed by atoms with Gasteiger partial charge in [0.1, 0.15) is 5.54 Å². The molecule has 1 aliphatic carbocycles. The Hall–Kier alpha value is -1.42. The van der Waals surface area contributed by atoms with Gasteiger partial charge in [-0.25, -0.2) is 0 Å². The van der Waals surface area contributed by atoms with Crippen molar-refractivity contribution in [1.82, 2.24) is 5.32 Å². The van der Waals surface area contributed by atoms with Crippen molar-refractivity contribution in [2.75, 3.05) is 12.4 Å². The first kappa shape index (κ1) is 20.9. The second-order valence-corrected chi connectivity index (χ2v) is 8.00. The Morgan fingerprint density at radius 2 is 1.96 bits per heavy atom. The number of nitrogens with one attached hydrogen (secondary N) is 1. The molecular formula is C18H20Cl2N2O3S. The van der Waals surface area contributed by atoms with E-state index in [1.807, 2.05) is 6.07 Å². The lowest BCUT2D eigenvalue weighted by Gasteiger charge is -2.31. The van der Waals surface area contributed by atoms with E-state index in [1.165, 1.54) is 11.8 Å². The molecule has 26 heavy (non-hydrogen) atoms. The molecule has 8 heteroatoms. The van der Waals surface area contributed by atoms with Gasteiger partial charge < -0.3 is 10.1 Å². The Bertz CT molecular complexity index is 700. The van der Waals surface area contributed by atoms with E-state index in [0.29, 0.717) is 28.6 Å². The Kier molecular flexibility index (Phi) is 8.08. The summed E-state index contributed by atoms with van der Waals surface area (Å²) in [7, 11) is 0. The number of esters is 1. The molecule has 0 atom stereocenters. The molecule has 0 heterocycles. The number of nitriles is 1. The van der Waals surface area contributed by atoms with Gasteiger partial charge >= 0.3 is 5.97 Å². The van der Waals surface area contributed by atoms with Gasteiger partial charge in [0.2, 0.25) is 0 Å². The summed E-state index contributed by atoms with van der Waals surface area (Å²) in [5.41, 5.74) is 0.132. The molecule has 1 amide bonds. The zero-order valence-corrected chi connectivity index (χ0v) is 16.6. The maximum absolute atomic E-state index is 12.0. The van der Waals surface area contributed by atoms with Crippen molar-refractivity contribution in [2.24, 2.45) is 0 Å². The molecule has 0 unspecified atom stereocenters. The minimum absolute atomic E-state index is 0.122. The third-order valence-corrected chi connectivity index (χ3v) is 5.85. The second kappa shape index (κ2) is 10.1. The molecule has 1 aromatic rings.